The predicted molar refractivity (Wildman–Crippen MR) is 73.5 cm³/mol. The van der Waals surface area contributed by atoms with E-state index in [0.717, 1.165) is 18.2 Å². The fraction of sp³-hybridized carbons (Fsp3) is 0.0714. The minimum atomic E-state index is -3.69. The first-order chi connectivity index (χ1) is 9.44. The third kappa shape index (κ3) is 2.98. The molecule has 0 unspecified atom stereocenters. The van der Waals surface area contributed by atoms with Crippen LogP contribution in [0.2, 0.25) is 5.02 Å². The average molecular weight is 310 g/mol. The predicted octanol–water partition coefficient (Wildman–Crippen LogP) is 3.32. The highest BCUT2D eigenvalue weighted by Gasteiger charge is 2.18. The number of nitrogens with zero attached hydrogens (tertiary/aromatic N) is 1. The molecule has 2 aromatic rings. The van der Waals surface area contributed by atoms with Gasteiger partial charge in [-0.25, -0.2) is 12.8 Å². The topological polar surface area (TPSA) is 57.9 Å². The van der Waals surface area contributed by atoms with Gasteiger partial charge < -0.3 is 0 Å². The third-order valence-corrected chi connectivity index (χ3v) is 4.69. The maximum absolute atomic E-state index is 13.1. The first-order valence-corrected chi connectivity index (χ1v) is 7.63. The van der Waals surface area contributed by atoms with Crippen molar-refractivity contribution in [3.8, 4) is 6.07 Å². The fourth-order valence-corrected chi connectivity index (χ4v) is 3.36. The molecule has 0 aliphatic heterocycles. The molecule has 0 saturated heterocycles. The standard InChI is InChI=1S/C14H9ClFNO2S/c15-13-7-12(5-6-14(13)16)20(18,19)9-11-4-2-1-3-10(11)8-17/h1-7H,9H2. The molecular formula is C14H9ClFNO2S. The summed E-state index contributed by atoms with van der Waals surface area (Å²) in [4.78, 5) is -0.0726. The van der Waals surface area contributed by atoms with Gasteiger partial charge in [0.15, 0.2) is 9.84 Å². The van der Waals surface area contributed by atoms with Crippen LogP contribution in [-0.4, -0.2) is 8.42 Å². The van der Waals surface area contributed by atoms with Crippen molar-refractivity contribution in [1.82, 2.24) is 0 Å². The molecule has 2 aromatic carbocycles. The molecule has 102 valence electrons. The Hall–Kier alpha value is -1.90. The van der Waals surface area contributed by atoms with Gasteiger partial charge in [-0.3, -0.25) is 0 Å². The first kappa shape index (κ1) is 14.5. The summed E-state index contributed by atoms with van der Waals surface area (Å²) in [6.45, 7) is 0. The summed E-state index contributed by atoms with van der Waals surface area (Å²) in [7, 11) is -3.69. The summed E-state index contributed by atoms with van der Waals surface area (Å²) in [6, 6.07) is 11.6. The largest absolute Gasteiger partial charge is 0.223 e. The van der Waals surface area contributed by atoms with Crippen LogP contribution in [0.5, 0.6) is 0 Å². The van der Waals surface area contributed by atoms with Crippen LogP contribution in [0.25, 0.3) is 0 Å². The molecule has 3 nitrogen and oxygen atoms in total. The Kier molecular flexibility index (Phi) is 4.07. The van der Waals surface area contributed by atoms with Crippen molar-refractivity contribution in [2.24, 2.45) is 0 Å². The zero-order valence-electron chi connectivity index (χ0n) is 10.2. The number of benzene rings is 2. The molecule has 0 aliphatic rings. The van der Waals surface area contributed by atoms with Crippen molar-refractivity contribution >= 4 is 21.4 Å². The number of rotatable bonds is 3. The molecule has 0 spiro atoms. The number of hydrogen-bond acceptors (Lipinski definition) is 3. The lowest BCUT2D eigenvalue weighted by molar-refractivity contribution is 0.594. The Balaban J connectivity index is 2.41. The van der Waals surface area contributed by atoms with Gasteiger partial charge in [0.25, 0.3) is 0 Å². The molecule has 0 bridgehead atoms. The molecule has 20 heavy (non-hydrogen) atoms. The first-order valence-electron chi connectivity index (χ1n) is 5.60. The van der Waals surface area contributed by atoms with Crippen LogP contribution in [0.1, 0.15) is 11.1 Å². The van der Waals surface area contributed by atoms with Crippen LogP contribution in [0.15, 0.2) is 47.4 Å². The van der Waals surface area contributed by atoms with Crippen LogP contribution >= 0.6 is 11.6 Å². The molecular weight excluding hydrogens is 301 g/mol. The monoisotopic (exact) mass is 309 g/mol. The van der Waals surface area contributed by atoms with E-state index in [1.54, 1.807) is 24.3 Å². The highest BCUT2D eigenvalue weighted by molar-refractivity contribution is 7.90. The lowest BCUT2D eigenvalue weighted by Gasteiger charge is -2.07. The molecule has 0 saturated carbocycles. The van der Waals surface area contributed by atoms with Gasteiger partial charge in [0.2, 0.25) is 0 Å². The molecule has 6 heteroatoms. The summed E-state index contributed by atoms with van der Waals surface area (Å²) >= 11 is 5.59. The summed E-state index contributed by atoms with van der Waals surface area (Å²) in [6.07, 6.45) is 0. The van der Waals surface area contributed by atoms with Crippen LogP contribution in [0.3, 0.4) is 0 Å². The van der Waals surface area contributed by atoms with Crippen molar-refractivity contribution in [2.75, 3.05) is 0 Å². The van der Waals surface area contributed by atoms with Crippen molar-refractivity contribution in [2.45, 2.75) is 10.6 Å². The Morgan fingerprint density at radius 1 is 1.20 bits per heavy atom. The van der Waals surface area contributed by atoms with E-state index < -0.39 is 15.7 Å². The Bertz CT molecular complexity index is 797. The van der Waals surface area contributed by atoms with E-state index in [-0.39, 0.29) is 15.7 Å². The van der Waals surface area contributed by atoms with E-state index in [0.29, 0.717) is 11.1 Å². The second-order valence-corrected chi connectivity index (χ2v) is 6.50. The normalized spacial score (nSPS) is 11.1. The van der Waals surface area contributed by atoms with Gasteiger partial charge in [0.1, 0.15) is 5.82 Å². The van der Waals surface area contributed by atoms with Gasteiger partial charge in [-0.2, -0.15) is 5.26 Å². The second-order valence-electron chi connectivity index (χ2n) is 4.10. The van der Waals surface area contributed by atoms with Crippen LogP contribution in [0.4, 0.5) is 4.39 Å². The quantitative estimate of drug-likeness (QED) is 0.817. The molecule has 0 radical (unpaired) electrons. The Labute approximate surface area is 121 Å². The minimum absolute atomic E-state index is 0.0726. The van der Waals surface area contributed by atoms with Crippen molar-refractivity contribution in [3.05, 3.63) is 64.4 Å². The van der Waals surface area contributed by atoms with Crippen LogP contribution < -0.4 is 0 Å². The summed E-state index contributed by atoms with van der Waals surface area (Å²) in [5.74, 6) is -1.01. The maximum Gasteiger partial charge on any atom is 0.182 e. The third-order valence-electron chi connectivity index (χ3n) is 2.73. The summed E-state index contributed by atoms with van der Waals surface area (Å²) in [5, 5.41) is 8.70. The second kappa shape index (κ2) is 5.61. The van der Waals surface area contributed by atoms with E-state index in [1.165, 1.54) is 0 Å². The summed E-state index contributed by atoms with van der Waals surface area (Å²) in [5.41, 5.74) is 0.694. The summed E-state index contributed by atoms with van der Waals surface area (Å²) < 4.78 is 37.5. The lowest BCUT2D eigenvalue weighted by atomic mass is 10.1. The van der Waals surface area contributed by atoms with Crippen molar-refractivity contribution < 1.29 is 12.8 Å². The number of sulfone groups is 1. The lowest BCUT2D eigenvalue weighted by Crippen LogP contribution is -2.06. The number of halogens is 2. The highest BCUT2D eigenvalue weighted by atomic mass is 35.5. The number of hydrogen-bond donors (Lipinski definition) is 0. The fourth-order valence-electron chi connectivity index (χ4n) is 1.71. The maximum atomic E-state index is 13.1. The van der Waals surface area contributed by atoms with E-state index in [2.05, 4.69) is 0 Å². The van der Waals surface area contributed by atoms with Gasteiger partial charge in [-0.05, 0) is 29.8 Å². The SMILES string of the molecule is N#Cc1ccccc1CS(=O)(=O)c1ccc(F)c(Cl)c1. The van der Waals surface area contributed by atoms with Crippen molar-refractivity contribution in [1.29, 1.82) is 5.26 Å². The van der Waals surface area contributed by atoms with E-state index in [1.807, 2.05) is 6.07 Å². The minimum Gasteiger partial charge on any atom is -0.223 e. The smallest absolute Gasteiger partial charge is 0.182 e. The molecule has 0 heterocycles. The van der Waals surface area contributed by atoms with Gasteiger partial charge >= 0.3 is 0 Å². The number of nitriles is 1. The van der Waals surface area contributed by atoms with Gasteiger partial charge in [0.05, 0.1) is 27.3 Å². The van der Waals surface area contributed by atoms with E-state index in [4.69, 9.17) is 16.9 Å². The molecule has 0 aliphatic carbocycles. The molecule has 0 N–H and O–H groups in total. The van der Waals surface area contributed by atoms with Gasteiger partial charge in [-0.1, -0.05) is 29.8 Å². The molecule has 2 rings (SSSR count). The molecule has 0 aromatic heterocycles. The zero-order chi connectivity index (χ0) is 14.8. The average Bonchev–Trinajstić information content (AvgIpc) is 2.42. The van der Waals surface area contributed by atoms with Crippen molar-refractivity contribution in [3.63, 3.8) is 0 Å². The van der Waals surface area contributed by atoms with E-state index in [9.17, 15) is 12.8 Å². The molecule has 0 amide bonds. The van der Waals surface area contributed by atoms with Crippen LogP contribution in [-0.2, 0) is 15.6 Å². The molecule has 0 fully saturated rings. The highest BCUT2D eigenvalue weighted by Crippen LogP contribution is 2.23. The Morgan fingerprint density at radius 3 is 2.55 bits per heavy atom. The van der Waals surface area contributed by atoms with Gasteiger partial charge in [0, 0.05) is 0 Å². The van der Waals surface area contributed by atoms with E-state index >= 15 is 0 Å². The van der Waals surface area contributed by atoms with Crippen LogP contribution in [0, 0.1) is 17.1 Å². The zero-order valence-corrected chi connectivity index (χ0v) is 11.7. The van der Waals surface area contributed by atoms with Gasteiger partial charge in [-0.15, -0.1) is 0 Å². The Morgan fingerprint density at radius 2 is 1.90 bits per heavy atom. The molecule has 0 atom stereocenters.